The van der Waals surface area contributed by atoms with Crippen molar-refractivity contribution in [3.05, 3.63) is 29.6 Å². The monoisotopic (exact) mass is 332 g/mol. The number of anilines is 1. The standard InChI is InChI=1S/C18H24N2O2S/c1-13-12-19(8-9-20(13)17(21)22-18(2,3)4)15-6-5-14-7-10-23-16(14)11-15/h5-7,10-11,13H,8-9,12H2,1-4H3/t13-/m1/s1. The van der Waals surface area contributed by atoms with Crippen LogP contribution in [0.4, 0.5) is 10.5 Å². The summed E-state index contributed by atoms with van der Waals surface area (Å²) in [6, 6.07) is 8.87. The van der Waals surface area contributed by atoms with E-state index in [9.17, 15) is 4.79 Å². The second-order valence-electron chi connectivity index (χ2n) is 7.11. The number of fused-ring (bicyclic) bond motifs is 1. The van der Waals surface area contributed by atoms with Crippen molar-refractivity contribution < 1.29 is 9.53 Å². The van der Waals surface area contributed by atoms with Crippen molar-refractivity contribution in [1.82, 2.24) is 4.90 Å². The first-order valence-corrected chi connectivity index (χ1v) is 8.93. The Balaban J connectivity index is 1.69. The second kappa shape index (κ2) is 6.04. The van der Waals surface area contributed by atoms with Gasteiger partial charge in [0.25, 0.3) is 0 Å². The number of carbonyl (C=O) groups is 1. The van der Waals surface area contributed by atoms with Gasteiger partial charge < -0.3 is 14.5 Å². The van der Waals surface area contributed by atoms with Crippen LogP contribution in [0.5, 0.6) is 0 Å². The Morgan fingerprint density at radius 3 is 2.74 bits per heavy atom. The van der Waals surface area contributed by atoms with Gasteiger partial charge in [0.1, 0.15) is 5.60 Å². The summed E-state index contributed by atoms with van der Waals surface area (Å²) in [5, 5.41) is 3.41. The van der Waals surface area contributed by atoms with E-state index in [0.29, 0.717) is 6.54 Å². The molecule has 0 unspecified atom stereocenters. The first-order chi connectivity index (χ1) is 10.8. The van der Waals surface area contributed by atoms with Gasteiger partial charge in [0.05, 0.1) is 0 Å². The first kappa shape index (κ1) is 16.1. The van der Waals surface area contributed by atoms with Crippen molar-refractivity contribution in [2.45, 2.75) is 39.3 Å². The third kappa shape index (κ3) is 3.61. The number of carbonyl (C=O) groups excluding carboxylic acids is 1. The first-order valence-electron chi connectivity index (χ1n) is 8.05. The second-order valence-corrected chi connectivity index (χ2v) is 8.06. The number of benzene rings is 1. The van der Waals surface area contributed by atoms with Crippen LogP contribution in [0, 0.1) is 0 Å². The van der Waals surface area contributed by atoms with Gasteiger partial charge in [0, 0.05) is 36.1 Å². The van der Waals surface area contributed by atoms with Crippen molar-refractivity contribution in [3.8, 4) is 0 Å². The van der Waals surface area contributed by atoms with Crippen LogP contribution < -0.4 is 4.90 Å². The van der Waals surface area contributed by atoms with Gasteiger partial charge in [-0.25, -0.2) is 4.79 Å². The van der Waals surface area contributed by atoms with E-state index in [-0.39, 0.29) is 12.1 Å². The summed E-state index contributed by atoms with van der Waals surface area (Å²) in [6.45, 7) is 10.2. The number of hydrogen-bond acceptors (Lipinski definition) is 4. The number of amides is 1. The molecule has 5 heteroatoms. The summed E-state index contributed by atoms with van der Waals surface area (Å²) in [4.78, 5) is 16.5. The van der Waals surface area contributed by atoms with Crippen molar-refractivity contribution >= 4 is 33.2 Å². The van der Waals surface area contributed by atoms with E-state index in [1.54, 1.807) is 11.3 Å². The summed E-state index contributed by atoms with van der Waals surface area (Å²) in [5.74, 6) is 0. The van der Waals surface area contributed by atoms with E-state index in [4.69, 9.17) is 4.74 Å². The highest BCUT2D eigenvalue weighted by Crippen LogP contribution is 2.28. The highest BCUT2D eigenvalue weighted by atomic mass is 32.1. The largest absolute Gasteiger partial charge is 0.444 e. The Bertz CT molecular complexity index is 704. The molecule has 0 saturated carbocycles. The average molecular weight is 332 g/mol. The van der Waals surface area contributed by atoms with E-state index in [1.165, 1.54) is 15.8 Å². The molecule has 1 amide bonds. The molecular weight excluding hydrogens is 308 g/mol. The third-order valence-electron chi connectivity index (χ3n) is 4.06. The molecule has 1 fully saturated rings. The Hall–Kier alpha value is -1.75. The molecule has 1 saturated heterocycles. The van der Waals surface area contributed by atoms with Crippen molar-refractivity contribution in [2.75, 3.05) is 24.5 Å². The van der Waals surface area contributed by atoms with Gasteiger partial charge in [-0.05, 0) is 56.7 Å². The predicted molar refractivity (Wildman–Crippen MR) is 96.4 cm³/mol. The van der Waals surface area contributed by atoms with Crippen molar-refractivity contribution in [1.29, 1.82) is 0 Å². The minimum atomic E-state index is -0.446. The molecule has 1 aliphatic heterocycles. The molecule has 1 aliphatic rings. The zero-order valence-electron chi connectivity index (χ0n) is 14.2. The number of ether oxygens (including phenoxy) is 1. The summed E-state index contributed by atoms with van der Waals surface area (Å²) < 4.78 is 6.82. The molecule has 2 heterocycles. The number of rotatable bonds is 1. The molecule has 3 rings (SSSR count). The lowest BCUT2D eigenvalue weighted by atomic mass is 10.1. The highest BCUT2D eigenvalue weighted by molar-refractivity contribution is 7.17. The van der Waals surface area contributed by atoms with Crippen LogP contribution in [0.2, 0.25) is 0 Å². The van der Waals surface area contributed by atoms with Gasteiger partial charge in [0.2, 0.25) is 0 Å². The fraction of sp³-hybridized carbons (Fsp3) is 0.500. The van der Waals surface area contributed by atoms with Crippen LogP contribution in [0.25, 0.3) is 10.1 Å². The lowest BCUT2D eigenvalue weighted by molar-refractivity contribution is 0.0159. The SMILES string of the molecule is C[C@@H]1CN(c2ccc3ccsc3c2)CCN1C(=O)OC(C)(C)C. The Labute approximate surface area is 141 Å². The van der Waals surface area contributed by atoms with Crippen LogP contribution in [0.15, 0.2) is 29.6 Å². The van der Waals surface area contributed by atoms with Gasteiger partial charge >= 0.3 is 6.09 Å². The number of piperazine rings is 1. The maximum Gasteiger partial charge on any atom is 0.410 e. The fourth-order valence-corrected chi connectivity index (χ4v) is 3.75. The van der Waals surface area contributed by atoms with Gasteiger partial charge in [-0.2, -0.15) is 0 Å². The average Bonchev–Trinajstić information content (AvgIpc) is 2.92. The molecule has 2 aromatic rings. The number of nitrogens with zero attached hydrogens (tertiary/aromatic N) is 2. The van der Waals surface area contributed by atoms with E-state index < -0.39 is 5.60 Å². The molecule has 1 aromatic heterocycles. The van der Waals surface area contributed by atoms with Crippen LogP contribution in [0.1, 0.15) is 27.7 Å². The molecule has 0 aliphatic carbocycles. The van der Waals surface area contributed by atoms with Crippen LogP contribution in [0.3, 0.4) is 0 Å². The molecule has 1 aromatic carbocycles. The van der Waals surface area contributed by atoms with Gasteiger partial charge in [0.15, 0.2) is 0 Å². The van der Waals surface area contributed by atoms with Crippen molar-refractivity contribution in [2.24, 2.45) is 0 Å². The van der Waals surface area contributed by atoms with E-state index >= 15 is 0 Å². The molecule has 1 atom stereocenters. The summed E-state index contributed by atoms with van der Waals surface area (Å²) in [6.07, 6.45) is -0.210. The van der Waals surface area contributed by atoms with E-state index in [0.717, 1.165) is 13.1 Å². The quantitative estimate of drug-likeness (QED) is 0.778. The van der Waals surface area contributed by atoms with Crippen LogP contribution in [-0.4, -0.2) is 42.3 Å². The summed E-state index contributed by atoms with van der Waals surface area (Å²) in [7, 11) is 0. The predicted octanol–water partition coefficient (Wildman–Crippen LogP) is 4.35. The third-order valence-corrected chi connectivity index (χ3v) is 4.94. The lowest BCUT2D eigenvalue weighted by Gasteiger charge is -2.41. The maximum atomic E-state index is 12.3. The van der Waals surface area contributed by atoms with E-state index in [2.05, 4.69) is 41.5 Å². The normalized spacial score (nSPS) is 19.2. The molecular formula is C18H24N2O2S. The summed E-state index contributed by atoms with van der Waals surface area (Å²) >= 11 is 1.77. The topological polar surface area (TPSA) is 32.8 Å². The summed E-state index contributed by atoms with van der Waals surface area (Å²) in [5.41, 5.74) is 0.786. The highest BCUT2D eigenvalue weighted by Gasteiger charge is 2.30. The van der Waals surface area contributed by atoms with Gasteiger partial charge in [-0.1, -0.05) is 6.07 Å². The van der Waals surface area contributed by atoms with E-state index in [1.807, 2.05) is 25.7 Å². The maximum absolute atomic E-state index is 12.3. The molecule has 0 bridgehead atoms. The Morgan fingerprint density at radius 1 is 1.26 bits per heavy atom. The van der Waals surface area contributed by atoms with Crippen molar-refractivity contribution in [3.63, 3.8) is 0 Å². The number of thiophene rings is 1. The Morgan fingerprint density at radius 2 is 2.04 bits per heavy atom. The molecule has 124 valence electrons. The molecule has 0 spiro atoms. The zero-order chi connectivity index (χ0) is 16.6. The molecule has 0 radical (unpaired) electrons. The number of hydrogen-bond donors (Lipinski definition) is 0. The fourth-order valence-electron chi connectivity index (χ4n) is 2.92. The lowest BCUT2D eigenvalue weighted by Crippen LogP contribution is -2.55. The Kier molecular flexibility index (Phi) is 4.23. The molecule has 23 heavy (non-hydrogen) atoms. The minimum Gasteiger partial charge on any atom is -0.444 e. The van der Waals surface area contributed by atoms with Gasteiger partial charge in [-0.3, -0.25) is 0 Å². The van der Waals surface area contributed by atoms with Gasteiger partial charge in [-0.15, -0.1) is 11.3 Å². The van der Waals surface area contributed by atoms with Crippen LogP contribution in [-0.2, 0) is 4.74 Å². The molecule has 0 N–H and O–H groups in total. The zero-order valence-corrected chi connectivity index (χ0v) is 15.0. The van der Waals surface area contributed by atoms with Crippen LogP contribution >= 0.6 is 11.3 Å². The molecule has 4 nitrogen and oxygen atoms in total. The smallest absolute Gasteiger partial charge is 0.410 e. The minimum absolute atomic E-state index is 0.137.